The number of rotatable bonds is 6. The molecule has 1 unspecified atom stereocenters. The van der Waals surface area contributed by atoms with Crippen molar-refractivity contribution < 1.29 is 23.9 Å². The third kappa shape index (κ3) is 4.20. The van der Waals surface area contributed by atoms with Crippen molar-refractivity contribution in [3.63, 3.8) is 0 Å². The molecule has 0 fully saturated rings. The zero-order chi connectivity index (χ0) is 20.1. The highest BCUT2D eigenvalue weighted by atomic mass is 16.6. The van der Waals surface area contributed by atoms with Gasteiger partial charge in [0.25, 0.3) is 0 Å². The average Bonchev–Trinajstić information content (AvgIpc) is 3.12. The molecule has 3 aromatic rings. The molecule has 1 atom stereocenters. The molecule has 0 radical (unpaired) electrons. The van der Waals surface area contributed by atoms with E-state index in [1.165, 1.54) is 12.1 Å². The summed E-state index contributed by atoms with van der Waals surface area (Å²) in [5.74, 6) is -0.908. The van der Waals surface area contributed by atoms with E-state index in [1.807, 2.05) is 24.3 Å². The second kappa shape index (κ2) is 8.39. The van der Waals surface area contributed by atoms with E-state index < -0.39 is 18.2 Å². The van der Waals surface area contributed by atoms with E-state index in [0.29, 0.717) is 11.3 Å². The standard InChI is InChI=1S/C21H20N2O5/c1-3-27-21(26)23-15-10-8-14(9-11-15)20(25)28-13(2)19(24)17-12-22-18-7-5-4-6-16(17)18/h4-13,22H,3H2,1-2H3,(H,23,26). The van der Waals surface area contributed by atoms with Crippen molar-refractivity contribution >= 4 is 34.4 Å². The first-order valence-corrected chi connectivity index (χ1v) is 8.84. The number of Topliss-reactive ketones (excluding diaryl/α,β-unsaturated/α-hetero) is 1. The molecule has 7 heteroatoms. The van der Waals surface area contributed by atoms with Gasteiger partial charge in [0.15, 0.2) is 6.10 Å². The molecule has 28 heavy (non-hydrogen) atoms. The topological polar surface area (TPSA) is 97.5 Å². The van der Waals surface area contributed by atoms with Gasteiger partial charge in [-0.05, 0) is 44.2 Å². The molecule has 0 spiro atoms. The molecule has 3 rings (SSSR count). The Balaban J connectivity index is 1.65. The highest BCUT2D eigenvalue weighted by molar-refractivity contribution is 6.10. The molecule has 2 aromatic carbocycles. The van der Waals surface area contributed by atoms with E-state index in [-0.39, 0.29) is 18.0 Å². The van der Waals surface area contributed by atoms with Crippen LogP contribution in [0.25, 0.3) is 10.9 Å². The average molecular weight is 380 g/mol. The molecule has 0 aliphatic rings. The smallest absolute Gasteiger partial charge is 0.411 e. The highest BCUT2D eigenvalue weighted by Gasteiger charge is 2.22. The number of H-pyrrole nitrogens is 1. The van der Waals surface area contributed by atoms with Crippen LogP contribution >= 0.6 is 0 Å². The van der Waals surface area contributed by atoms with E-state index in [1.54, 1.807) is 32.2 Å². The lowest BCUT2D eigenvalue weighted by Crippen LogP contribution is -2.24. The summed E-state index contributed by atoms with van der Waals surface area (Å²) in [5, 5.41) is 3.31. The van der Waals surface area contributed by atoms with Crippen LogP contribution in [-0.4, -0.2) is 35.5 Å². The number of ketones is 1. The van der Waals surface area contributed by atoms with Crippen molar-refractivity contribution in [2.45, 2.75) is 20.0 Å². The van der Waals surface area contributed by atoms with Crippen molar-refractivity contribution in [3.8, 4) is 0 Å². The Morgan fingerprint density at radius 3 is 2.50 bits per heavy atom. The molecule has 7 nitrogen and oxygen atoms in total. The molecule has 1 aromatic heterocycles. The van der Waals surface area contributed by atoms with Gasteiger partial charge >= 0.3 is 12.1 Å². The predicted octanol–water partition coefficient (Wildman–Crippen LogP) is 4.16. The lowest BCUT2D eigenvalue weighted by atomic mass is 10.1. The SMILES string of the molecule is CCOC(=O)Nc1ccc(C(=O)OC(C)C(=O)c2c[nH]c3ccccc23)cc1. The summed E-state index contributed by atoms with van der Waals surface area (Å²) in [6, 6.07) is 13.5. The van der Waals surface area contributed by atoms with E-state index >= 15 is 0 Å². The van der Waals surface area contributed by atoms with Gasteiger partial charge in [-0.3, -0.25) is 10.1 Å². The van der Waals surface area contributed by atoms with Crippen molar-refractivity contribution in [1.82, 2.24) is 4.98 Å². The Bertz CT molecular complexity index is 1010. The number of esters is 1. The van der Waals surface area contributed by atoms with Gasteiger partial charge in [0, 0.05) is 28.4 Å². The Hall–Kier alpha value is -3.61. The van der Waals surface area contributed by atoms with Gasteiger partial charge in [-0.25, -0.2) is 9.59 Å². The summed E-state index contributed by atoms with van der Waals surface area (Å²) in [7, 11) is 0. The number of carbonyl (C=O) groups is 3. The number of fused-ring (bicyclic) bond motifs is 1. The quantitative estimate of drug-likeness (QED) is 0.494. The van der Waals surface area contributed by atoms with Gasteiger partial charge in [-0.15, -0.1) is 0 Å². The monoisotopic (exact) mass is 380 g/mol. The number of para-hydroxylation sites is 1. The number of aromatic amines is 1. The summed E-state index contributed by atoms with van der Waals surface area (Å²) in [6.45, 7) is 3.51. The van der Waals surface area contributed by atoms with Crippen molar-refractivity contribution in [1.29, 1.82) is 0 Å². The molecule has 0 bridgehead atoms. The minimum Gasteiger partial charge on any atom is -0.451 e. The third-order valence-electron chi connectivity index (χ3n) is 4.15. The van der Waals surface area contributed by atoms with E-state index in [9.17, 15) is 14.4 Å². The summed E-state index contributed by atoms with van der Waals surface area (Å²) < 4.78 is 10.1. The molecule has 0 aliphatic carbocycles. The molecule has 0 saturated carbocycles. The fourth-order valence-electron chi connectivity index (χ4n) is 2.75. The zero-order valence-corrected chi connectivity index (χ0v) is 15.5. The number of anilines is 1. The van der Waals surface area contributed by atoms with Gasteiger partial charge in [0.2, 0.25) is 5.78 Å². The number of benzene rings is 2. The fraction of sp³-hybridized carbons (Fsp3) is 0.190. The minimum absolute atomic E-state index is 0.262. The lowest BCUT2D eigenvalue weighted by Gasteiger charge is -2.12. The Labute approximate surface area is 161 Å². The maximum Gasteiger partial charge on any atom is 0.411 e. The van der Waals surface area contributed by atoms with Gasteiger partial charge in [0.1, 0.15) is 0 Å². The first-order chi connectivity index (χ1) is 13.5. The lowest BCUT2D eigenvalue weighted by molar-refractivity contribution is 0.0319. The second-order valence-electron chi connectivity index (χ2n) is 6.08. The third-order valence-corrected chi connectivity index (χ3v) is 4.15. The van der Waals surface area contributed by atoms with Crippen LogP contribution < -0.4 is 5.32 Å². The van der Waals surface area contributed by atoms with E-state index in [4.69, 9.17) is 9.47 Å². The molecular formula is C21H20N2O5. The van der Waals surface area contributed by atoms with Gasteiger partial charge < -0.3 is 14.5 Å². The van der Waals surface area contributed by atoms with E-state index in [0.717, 1.165) is 10.9 Å². The largest absolute Gasteiger partial charge is 0.451 e. The number of nitrogens with one attached hydrogen (secondary N) is 2. The Kier molecular flexibility index (Phi) is 5.74. The summed E-state index contributed by atoms with van der Waals surface area (Å²) in [5.41, 5.74) is 2.07. The Morgan fingerprint density at radius 2 is 1.79 bits per heavy atom. The number of carbonyl (C=O) groups excluding carboxylic acids is 3. The molecule has 0 saturated heterocycles. The number of hydrogen-bond donors (Lipinski definition) is 2. The first kappa shape index (κ1) is 19.2. The normalized spacial score (nSPS) is 11.6. The van der Waals surface area contributed by atoms with Gasteiger partial charge in [-0.2, -0.15) is 0 Å². The number of hydrogen-bond acceptors (Lipinski definition) is 5. The van der Waals surface area contributed by atoms with Gasteiger partial charge in [-0.1, -0.05) is 18.2 Å². The highest BCUT2D eigenvalue weighted by Crippen LogP contribution is 2.20. The molecule has 1 heterocycles. The Morgan fingerprint density at radius 1 is 1.07 bits per heavy atom. The number of ether oxygens (including phenoxy) is 2. The van der Waals surface area contributed by atoms with Gasteiger partial charge in [0.05, 0.1) is 12.2 Å². The fourth-order valence-corrected chi connectivity index (χ4v) is 2.75. The van der Waals surface area contributed by atoms with Crippen LogP contribution in [0.1, 0.15) is 34.6 Å². The second-order valence-corrected chi connectivity index (χ2v) is 6.08. The van der Waals surface area contributed by atoms with Crippen LogP contribution in [0.4, 0.5) is 10.5 Å². The maximum absolute atomic E-state index is 12.7. The van der Waals surface area contributed by atoms with Crippen molar-refractivity contribution in [3.05, 3.63) is 65.9 Å². The van der Waals surface area contributed by atoms with Crippen molar-refractivity contribution in [2.24, 2.45) is 0 Å². The summed E-state index contributed by atoms with van der Waals surface area (Å²) >= 11 is 0. The van der Waals surface area contributed by atoms with E-state index in [2.05, 4.69) is 10.3 Å². The van der Waals surface area contributed by atoms with Crippen LogP contribution in [0.5, 0.6) is 0 Å². The number of amides is 1. The number of aromatic nitrogens is 1. The van der Waals surface area contributed by atoms with Crippen LogP contribution in [0.3, 0.4) is 0 Å². The summed E-state index contributed by atoms with van der Waals surface area (Å²) in [6.07, 6.45) is 0.104. The van der Waals surface area contributed by atoms with Crippen LogP contribution in [0, 0.1) is 0 Å². The van der Waals surface area contributed by atoms with Crippen LogP contribution in [0.2, 0.25) is 0 Å². The molecule has 0 aliphatic heterocycles. The predicted molar refractivity (Wildman–Crippen MR) is 105 cm³/mol. The molecule has 144 valence electrons. The van der Waals surface area contributed by atoms with Crippen LogP contribution in [-0.2, 0) is 9.47 Å². The molecule has 2 N–H and O–H groups in total. The van der Waals surface area contributed by atoms with Crippen LogP contribution in [0.15, 0.2) is 54.7 Å². The minimum atomic E-state index is -0.941. The summed E-state index contributed by atoms with van der Waals surface area (Å²) in [4.78, 5) is 39.4. The zero-order valence-electron chi connectivity index (χ0n) is 15.5. The molecule has 1 amide bonds. The van der Waals surface area contributed by atoms with Crippen molar-refractivity contribution in [2.75, 3.05) is 11.9 Å². The molecular weight excluding hydrogens is 360 g/mol. The first-order valence-electron chi connectivity index (χ1n) is 8.84. The maximum atomic E-state index is 12.7.